The van der Waals surface area contributed by atoms with Gasteiger partial charge in [-0.05, 0) is 137 Å². The Hall–Kier alpha value is -5.67. The highest BCUT2D eigenvalue weighted by atomic mass is 19.1. The lowest BCUT2D eigenvalue weighted by atomic mass is 9.49. The monoisotopic (exact) mass is 703 g/mol. The van der Waals surface area contributed by atoms with Crippen LogP contribution in [0.4, 0.5) is 21.5 Å². The maximum atomic E-state index is 14.4. The van der Waals surface area contributed by atoms with E-state index in [4.69, 9.17) is 4.42 Å². The first-order chi connectivity index (χ1) is 26.5. The minimum atomic E-state index is -0.263. The summed E-state index contributed by atoms with van der Waals surface area (Å²) in [5.74, 6) is 2.66. The molecule has 3 aliphatic rings. The molecule has 5 atom stereocenters. The van der Waals surface area contributed by atoms with E-state index in [1.54, 1.807) is 11.1 Å². The van der Waals surface area contributed by atoms with E-state index in [2.05, 4.69) is 122 Å². The van der Waals surface area contributed by atoms with Gasteiger partial charge in [0, 0.05) is 27.3 Å². The summed E-state index contributed by atoms with van der Waals surface area (Å²) in [6.07, 6.45) is 5.37. The molecule has 8 aromatic rings. The number of fused-ring (bicyclic) bond motifs is 12. The average molecular weight is 704 g/mol. The van der Waals surface area contributed by atoms with Crippen molar-refractivity contribution in [2.45, 2.75) is 44.9 Å². The Kier molecular flexibility index (Phi) is 7.02. The number of furan rings is 1. The van der Waals surface area contributed by atoms with Gasteiger partial charge in [-0.15, -0.1) is 0 Å². The van der Waals surface area contributed by atoms with E-state index < -0.39 is 0 Å². The lowest BCUT2D eigenvalue weighted by Gasteiger charge is -2.54. The van der Waals surface area contributed by atoms with Gasteiger partial charge in [0.25, 0.3) is 0 Å². The molecule has 0 radical (unpaired) electrons. The summed E-state index contributed by atoms with van der Waals surface area (Å²) in [5.41, 5.74) is 12.9. The van der Waals surface area contributed by atoms with Crippen LogP contribution in [0, 0.1) is 29.5 Å². The topological polar surface area (TPSA) is 16.4 Å². The van der Waals surface area contributed by atoms with Gasteiger partial charge in [0.2, 0.25) is 0 Å². The second-order valence-electron chi connectivity index (χ2n) is 16.4. The smallest absolute Gasteiger partial charge is 0.159 e. The lowest BCUT2D eigenvalue weighted by Crippen LogP contribution is -2.49. The van der Waals surface area contributed by atoms with E-state index in [-0.39, 0.29) is 11.2 Å². The summed E-state index contributed by atoms with van der Waals surface area (Å²) < 4.78 is 21.0. The fraction of sp³-hybridized carbons (Fsp3) is 0.216. The Morgan fingerprint density at radius 3 is 2.17 bits per heavy atom. The summed E-state index contributed by atoms with van der Waals surface area (Å²) in [5, 5.41) is 4.43. The summed E-state index contributed by atoms with van der Waals surface area (Å²) in [7, 11) is 0. The van der Waals surface area contributed by atoms with Crippen molar-refractivity contribution in [3.05, 3.63) is 163 Å². The number of hydrogen-bond acceptors (Lipinski definition) is 2. The van der Waals surface area contributed by atoms with Crippen molar-refractivity contribution in [1.29, 1.82) is 0 Å². The minimum Gasteiger partial charge on any atom is -0.454 e. The SMILES string of the molecule is CC1CC2CC(C)C3(c4ccccc4-c4cc(-c5cccc6c(N(c7ccc(F)cc7)c7cccc8c7oc7ccccc78)cccc56)ccc43)C(C1)C2. The second-order valence-corrected chi connectivity index (χ2v) is 16.4. The molecule has 2 nitrogen and oxygen atoms in total. The normalized spacial score (nSPS) is 22.9. The molecule has 1 spiro atoms. The number of hydrogen-bond donors (Lipinski definition) is 0. The molecular weight excluding hydrogens is 662 g/mol. The molecule has 1 aromatic heterocycles. The Labute approximate surface area is 315 Å². The molecule has 11 rings (SSSR count). The molecule has 2 fully saturated rings. The van der Waals surface area contributed by atoms with E-state index in [0.29, 0.717) is 11.8 Å². The first kappa shape index (κ1) is 31.8. The Morgan fingerprint density at radius 2 is 1.28 bits per heavy atom. The van der Waals surface area contributed by atoms with Gasteiger partial charge in [0.1, 0.15) is 11.4 Å². The van der Waals surface area contributed by atoms with Crippen LogP contribution in [0.2, 0.25) is 0 Å². The summed E-state index contributed by atoms with van der Waals surface area (Å²) >= 11 is 0. The van der Waals surface area contributed by atoms with Crippen LogP contribution >= 0.6 is 0 Å². The van der Waals surface area contributed by atoms with Crippen molar-refractivity contribution in [2.75, 3.05) is 4.90 Å². The molecule has 1 heterocycles. The molecule has 3 aliphatic carbocycles. The van der Waals surface area contributed by atoms with Gasteiger partial charge in [-0.3, -0.25) is 0 Å². The van der Waals surface area contributed by atoms with E-state index in [1.807, 2.05) is 30.3 Å². The van der Waals surface area contributed by atoms with Crippen LogP contribution in [-0.4, -0.2) is 0 Å². The Morgan fingerprint density at radius 1 is 0.574 bits per heavy atom. The molecule has 0 aliphatic heterocycles. The highest BCUT2D eigenvalue weighted by Crippen LogP contribution is 2.64. The highest BCUT2D eigenvalue weighted by Gasteiger charge is 2.56. The van der Waals surface area contributed by atoms with Gasteiger partial charge in [-0.1, -0.05) is 111 Å². The van der Waals surface area contributed by atoms with Gasteiger partial charge < -0.3 is 9.32 Å². The van der Waals surface area contributed by atoms with Crippen LogP contribution < -0.4 is 4.90 Å². The van der Waals surface area contributed by atoms with Crippen molar-refractivity contribution >= 4 is 49.8 Å². The van der Waals surface area contributed by atoms with Crippen molar-refractivity contribution in [2.24, 2.45) is 23.7 Å². The third-order valence-corrected chi connectivity index (χ3v) is 13.4. The number of benzene rings is 7. The molecule has 264 valence electrons. The maximum Gasteiger partial charge on any atom is 0.159 e. The quantitative estimate of drug-likeness (QED) is 0.181. The Bertz CT molecular complexity index is 2760. The van der Waals surface area contributed by atoms with Crippen molar-refractivity contribution in [3.63, 3.8) is 0 Å². The third-order valence-electron chi connectivity index (χ3n) is 13.4. The van der Waals surface area contributed by atoms with E-state index in [0.717, 1.165) is 56.2 Å². The third kappa shape index (κ3) is 4.51. The number of rotatable bonds is 4. The molecule has 54 heavy (non-hydrogen) atoms. The molecule has 0 amide bonds. The van der Waals surface area contributed by atoms with Crippen LogP contribution in [-0.2, 0) is 5.41 Å². The molecular formula is C51H42FNO. The number of anilines is 3. The Balaban J connectivity index is 1.10. The van der Waals surface area contributed by atoms with Crippen molar-refractivity contribution in [3.8, 4) is 22.3 Å². The second kappa shape index (κ2) is 11.9. The number of para-hydroxylation sites is 2. The van der Waals surface area contributed by atoms with Gasteiger partial charge in [-0.25, -0.2) is 4.39 Å². The largest absolute Gasteiger partial charge is 0.454 e. The van der Waals surface area contributed by atoms with Crippen molar-refractivity contribution in [1.82, 2.24) is 0 Å². The molecule has 2 saturated carbocycles. The molecule has 0 N–H and O–H groups in total. The van der Waals surface area contributed by atoms with Crippen LogP contribution in [0.5, 0.6) is 0 Å². The maximum absolute atomic E-state index is 14.4. The van der Waals surface area contributed by atoms with Crippen molar-refractivity contribution < 1.29 is 8.81 Å². The predicted molar refractivity (Wildman–Crippen MR) is 221 cm³/mol. The minimum absolute atomic E-state index is 0.0783. The molecule has 0 saturated heterocycles. The molecule has 7 aromatic carbocycles. The predicted octanol–water partition coefficient (Wildman–Crippen LogP) is 14.4. The van der Waals surface area contributed by atoms with E-state index in [1.165, 1.54) is 65.5 Å². The van der Waals surface area contributed by atoms with E-state index >= 15 is 0 Å². The number of halogens is 1. The zero-order valence-corrected chi connectivity index (χ0v) is 30.7. The van der Waals surface area contributed by atoms with Crippen LogP contribution in [0.15, 0.2) is 150 Å². The standard InChI is InChI=1S/C51H42FNO/c1-31-26-33-28-32(2)51(35(27-31)29-33)45-16-5-3-10-40(45)44-30-34(20-25-46(44)51)38-12-7-14-41-39(38)13-8-17-47(41)53(37-23-21-36(52)22-24-37)48-18-9-15-43-42-11-4-6-19-49(42)54-50(43)48/h3-25,30-33,35H,26-29H2,1-2H3. The van der Waals surface area contributed by atoms with Gasteiger partial charge in [0.05, 0.1) is 11.4 Å². The van der Waals surface area contributed by atoms with Crippen LogP contribution in [0.25, 0.3) is 55.0 Å². The van der Waals surface area contributed by atoms with Crippen LogP contribution in [0.3, 0.4) is 0 Å². The zero-order chi connectivity index (χ0) is 36.1. The molecule has 2 bridgehead atoms. The first-order valence-corrected chi connectivity index (χ1v) is 19.7. The van der Waals surface area contributed by atoms with Gasteiger partial charge in [-0.2, -0.15) is 0 Å². The van der Waals surface area contributed by atoms with E-state index in [9.17, 15) is 4.39 Å². The lowest BCUT2D eigenvalue weighted by molar-refractivity contribution is 0.0426. The van der Waals surface area contributed by atoms with Crippen LogP contribution in [0.1, 0.15) is 50.7 Å². The summed E-state index contributed by atoms with van der Waals surface area (Å²) in [4.78, 5) is 2.22. The fourth-order valence-corrected chi connectivity index (χ4v) is 11.5. The fourth-order valence-electron chi connectivity index (χ4n) is 11.5. The summed E-state index contributed by atoms with van der Waals surface area (Å²) in [6.45, 7) is 5.02. The number of nitrogens with zero attached hydrogens (tertiary/aromatic N) is 1. The van der Waals surface area contributed by atoms with Gasteiger partial charge in [0.15, 0.2) is 5.58 Å². The molecule has 5 unspecified atom stereocenters. The van der Waals surface area contributed by atoms with Gasteiger partial charge >= 0.3 is 0 Å². The highest BCUT2D eigenvalue weighted by molar-refractivity contribution is 6.12. The zero-order valence-electron chi connectivity index (χ0n) is 30.7. The first-order valence-electron chi connectivity index (χ1n) is 19.7. The summed E-state index contributed by atoms with van der Waals surface area (Å²) in [6, 6.07) is 51.2. The molecule has 3 heteroatoms. The average Bonchev–Trinajstić information content (AvgIpc) is 3.72.